The van der Waals surface area contributed by atoms with Crippen molar-refractivity contribution in [1.82, 2.24) is 10.3 Å². The van der Waals surface area contributed by atoms with Crippen LogP contribution in [0.1, 0.15) is 49.9 Å². The average molecular weight is 275 g/mol. The summed E-state index contributed by atoms with van der Waals surface area (Å²) >= 11 is 0. The molecule has 0 bridgehead atoms. The molecule has 1 aliphatic rings. The van der Waals surface area contributed by atoms with E-state index in [1.165, 1.54) is 36.2 Å². The first-order chi connectivity index (χ1) is 9.52. The van der Waals surface area contributed by atoms with Crippen LogP contribution in [0.25, 0.3) is 0 Å². The Morgan fingerprint density at radius 2 is 2.05 bits per heavy atom. The number of aryl methyl sites for hydroxylation is 2. The number of aromatic nitrogens is 1. The molecule has 1 aromatic rings. The Bertz CT molecular complexity index is 450. The van der Waals surface area contributed by atoms with Crippen molar-refractivity contribution in [3.05, 3.63) is 22.9 Å². The molecule has 0 radical (unpaired) electrons. The van der Waals surface area contributed by atoms with E-state index in [-0.39, 0.29) is 0 Å². The highest BCUT2D eigenvalue weighted by molar-refractivity contribution is 5.53. The minimum atomic E-state index is 0.720. The lowest BCUT2D eigenvalue weighted by molar-refractivity contribution is 0.566. The molecule has 0 saturated heterocycles. The third-order valence-corrected chi connectivity index (χ3v) is 4.01. The van der Waals surface area contributed by atoms with Gasteiger partial charge in [-0.05, 0) is 57.7 Å². The summed E-state index contributed by atoms with van der Waals surface area (Å²) in [6.07, 6.45) is 3.89. The highest BCUT2D eigenvalue weighted by Crippen LogP contribution is 2.34. The number of hydrogen-bond donors (Lipinski definition) is 1. The second-order valence-corrected chi connectivity index (χ2v) is 6.52. The molecule has 3 nitrogen and oxygen atoms in total. The van der Waals surface area contributed by atoms with Gasteiger partial charge in [0.2, 0.25) is 0 Å². The summed E-state index contributed by atoms with van der Waals surface area (Å²) < 4.78 is 0. The summed E-state index contributed by atoms with van der Waals surface area (Å²) in [5, 5.41) is 3.30. The molecule has 1 aromatic heterocycles. The van der Waals surface area contributed by atoms with Gasteiger partial charge in [-0.2, -0.15) is 0 Å². The zero-order valence-electron chi connectivity index (χ0n) is 13.7. The number of nitrogens with zero attached hydrogens (tertiary/aromatic N) is 2. The van der Waals surface area contributed by atoms with Gasteiger partial charge in [0.1, 0.15) is 5.82 Å². The first-order valence-corrected chi connectivity index (χ1v) is 7.91. The van der Waals surface area contributed by atoms with Crippen LogP contribution in [0.4, 0.5) is 5.82 Å². The second kappa shape index (κ2) is 6.57. The fourth-order valence-electron chi connectivity index (χ4n) is 2.72. The Balaban J connectivity index is 2.30. The zero-order chi connectivity index (χ0) is 14.7. The van der Waals surface area contributed by atoms with Crippen LogP contribution in [0.5, 0.6) is 0 Å². The van der Waals surface area contributed by atoms with Crippen LogP contribution in [-0.2, 0) is 6.54 Å². The molecule has 1 N–H and O–H groups in total. The average Bonchev–Trinajstić information content (AvgIpc) is 3.17. The van der Waals surface area contributed by atoms with Gasteiger partial charge in [0, 0.05) is 30.4 Å². The van der Waals surface area contributed by atoms with Crippen LogP contribution < -0.4 is 10.2 Å². The van der Waals surface area contributed by atoms with E-state index >= 15 is 0 Å². The van der Waals surface area contributed by atoms with Gasteiger partial charge in [-0.15, -0.1) is 0 Å². The Morgan fingerprint density at radius 3 is 2.60 bits per heavy atom. The predicted octanol–water partition coefficient (Wildman–Crippen LogP) is 3.43. The smallest absolute Gasteiger partial charge is 0.133 e. The largest absolute Gasteiger partial charge is 0.353 e. The van der Waals surface area contributed by atoms with Crippen LogP contribution in [0.2, 0.25) is 0 Å². The van der Waals surface area contributed by atoms with E-state index in [1.807, 2.05) is 7.05 Å². The van der Waals surface area contributed by atoms with E-state index in [2.05, 4.69) is 44.0 Å². The van der Waals surface area contributed by atoms with Crippen molar-refractivity contribution >= 4 is 5.82 Å². The lowest BCUT2D eigenvalue weighted by Gasteiger charge is -2.28. The van der Waals surface area contributed by atoms with Gasteiger partial charge in [-0.3, -0.25) is 0 Å². The molecule has 1 heterocycles. The molecule has 2 rings (SSSR count). The molecule has 3 heteroatoms. The summed E-state index contributed by atoms with van der Waals surface area (Å²) in [5.74, 6) is 1.97. The van der Waals surface area contributed by atoms with Crippen LogP contribution in [0.3, 0.4) is 0 Å². The number of anilines is 1. The van der Waals surface area contributed by atoms with Gasteiger partial charge in [0.05, 0.1) is 0 Å². The number of hydrogen-bond acceptors (Lipinski definition) is 3. The van der Waals surface area contributed by atoms with E-state index in [9.17, 15) is 0 Å². The van der Waals surface area contributed by atoms with E-state index in [1.54, 1.807) is 0 Å². The second-order valence-electron chi connectivity index (χ2n) is 6.52. The van der Waals surface area contributed by atoms with Crippen molar-refractivity contribution in [1.29, 1.82) is 0 Å². The van der Waals surface area contributed by atoms with E-state index in [4.69, 9.17) is 4.98 Å². The Kier molecular flexibility index (Phi) is 5.03. The standard InChI is InChI=1S/C17H29N3/c1-12(2)8-9-20(15-6-7-15)17-16(11-18-5)13(3)10-14(4)19-17/h10,12,15,18H,6-9,11H2,1-5H3. The summed E-state index contributed by atoms with van der Waals surface area (Å²) in [6.45, 7) is 10.9. The van der Waals surface area contributed by atoms with Crippen molar-refractivity contribution in [3.8, 4) is 0 Å². The third kappa shape index (κ3) is 3.72. The SMILES string of the molecule is CNCc1c(C)cc(C)nc1N(CCC(C)C)C1CC1. The van der Waals surface area contributed by atoms with E-state index < -0.39 is 0 Å². The molecule has 0 aliphatic heterocycles. The van der Waals surface area contributed by atoms with Crippen LogP contribution in [0.15, 0.2) is 6.07 Å². The lowest BCUT2D eigenvalue weighted by Crippen LogP contribution is -2.31. The van der Waals surface area contributed by atoms with Crippen molar-refractivity contribution in [2.45, 2.75) is 59.5 Å². The summed E-state index contributed by atoms with van der Waals surface area (Å²) in [4.78, 5) is 7.44. The summed E-state index contributed by atoms with van der Waals surface area (Å²) in [6, 6.07) is 2.92. The lowest BCUT2D eigenvalue weighted by atomic mass is 10.1. The van der Waals surface area contributed by atoms with Gasteiger partial charge >= 0.3 is 0 Å². The maximum absolute atomic E-state index is 4.88. The predicted molar refractivity (Wildman–Crippen MR) is 86.3 cm³/mol. The highest BCUT2D eigenvalue weighted by Gasteiger charge is 2.31. The number of pyridine rings is 1. The van der Waals surface area contributed by atoms with Gasteiger partial charge in [0.15, 0.2) is 0 Å². The molecule has 112 valence electrons. The van der Waals surface area contributed by atoms with Gasteiger partial charge in [-0.25, -0.2) is 4.98 Å². The van der Waals surface area contributed by atoms with Crippen LogP contribution >= 0.6 is 0 Å². The van der Waals surface area contributed by atoms with Crippen LogP contribution in [-0.4, -0.2) is 24.6 Å². The molecule has 1 saturated carbocycles. The quantitative estimate of drug-likeness (QED) is 0.826. The Labute approximate surface area is 123 Å². The van der Waals surface area contributed by atoms with E-state index in [0.29, 0.717) is 0 Å². The number of nitrogens with one attached hydrogen (secondary N) is 1. The van der Waals surface area contributed by atoms with E-state index in [0.717, 1.165) is 30.7 Å². The first-order valence-electron chi connectivity index (χ1n) is 7.91. The zero-order valence-corrected chi connectivity index (χ0v) is 13.7. The minimum absolute atomic E-state index is 0.720. The van der Waals surface area contributed by atoms with Crippen LogP contribution in [0, 0.1) is 19.8 Å². The molecule has 0 unspecified atom stereocenters. The summed E-state index contributed by atoms with van der Waals surface area (Å²) in [5.41, 5.74) is 3.86. The van der Waals surface area contributed by atoms with Gasteiger partial charge in [0.25, 0.3) is 0 Å². The first kappa shape index (κ1) is 15.3. The molecule has 1 fully saturated rings. The molecule has 1 aliphatic carbocycles. The molecular weight excluding hydrogens is 246 g/mol. The molecule has 0 amide bonds. The minimum Gasteiger partial charge on any atom is -0.353 e. The molecule has 0 aromatic carbocycles. The van der Waals surface area contributed by atoms with Crippen molar-refractivity contribution < 1.29 is 0 Å². The third-order valence-electron chi connectivity index (χ3n) is 4.01. The highest BCUT2D eigenvalue weighted by atomic mass is 15.2. The molecular formula is C17H29N3. The topological polar surface area (TPSA) is 28.2 Å². The van der Waals surface area contributed by atoms with Crippen molar-refractivity contribution in [2.24, 2.45) is 5.92 Å². The Morgan fingerprint density at radius 1 is 1.35 bits per heavy atom. The molecule has 20 heavy (non-hydrogen) atoms. The molecule has 0 atom stereocenters. The number of rotatable bonds is 7. The molecule has 0 spiro atoms. The fourth-order valence-corrected chi connectivity index (χ4v) is 2.72. The van der Waals surface area contributed by atoms with Gasteiger partial charge < -0.3 is 10.2 Å². The van der Waals surface area contributed by atoms with Crippen molar-refractivity contribution in [3.63, 3.8) is 0 Å². The normalized spacial score (nSPS) is 14.9. The Hall–Kier alpha value is -1.09. The maximum atomic E-state index is 4.88. The van der Waals surface area contributed by atoms with Crippen molar-refractivity contribution in [2.75, 3.05) is 18.5 Å². The summed E-state index contributed by atoms with van der Waals surface area (Å²) in [7, 11) is 2.01. The fraction of sp³-hybridized carbons (Fsp3) is 0.706. The van der Waals surface area contributed by atoms with Gasteiger partial charge in [-0.1, -0.05) is 13.8 Å². The monoisotopic (exact) mass is 275 g/mol. The maximum Gasteiger partial charge on any atom is 0.133 e.